The van der Waals surface area contributed by atoms with Crippen molar-refractivity contribution in [3.63, 3.8) is 0 Å². The summed E-state index contributed by atoms with van der Waals surface area (Å²) in [6, 6.07) is 6.92. The number of benzene rings is 1. The van der Waals surface area contributed by atoms with E-state index in [1.165, 1.54) is 19.1 Å². The average molecular weight is 360 g/mol. The van der Waals surface area contributed by atoms with E-state index in [0.29, 0.717) is 17.9 Å². The smallest absolute Gasteiger partial charge is 0.309 e. The van der Waals surface area contributed by atoms with Gasteiger partial charge in [0, 0.05) is 18.8 Å². The second kappa shape index (κ2) is 9.60. The first-order chi connectivity index (χ1) is 12.5. The fourth-order valence-corrected chi connectivity index (χ4v) is 2.57. The Labute approximate surface area is 153 Å². The number of hydrogen-bond donors (Lipinski definition) is 1. The van der Waals surface area contributed by atoms with Crippen LogP contribution in [0.2, 0.25) is 0 Å². The first kappa shape index (κ1) is 19.5. The van der Waals surface area contributed by atoms with Gasteiger partial charge in [-0.05, 0) is 31.4 Å². The van der Waals surface area contributed by atoms with E-state index in [1.54, 1.807) is 24.3 Å². The number of anilines is 1. The highest BCUT2D eigenvalue weighted by atomic mass is 16.5. The van der Waals surface area contributed by atoms with Crippen LogP contribution in [0.15, 0.2) is 36.4 Å². The topological polar surface area (TPSA) is 84.9 Å². The Morgan fingerprint density at radius 3 is 2.77 bits per heavy atom. The summed E-state index contributed by atoms with van der Waals surface area (Å²) in [6.07, 6.45) is 6.21. The van der Waals surface area contributed by atoms with Crippen LogP contribution in [-0.2, 0) is 19.1 Å². The van der Waals surface area contributed by atoms with Crippen molar-refractivity contribution in [2.75, 3.05) is 32.6 Å². The molecule has 0 fully saturated rings. The summed E-state index contributed by atoms with van der Waals surface area (Å²) in [6.45, 7) is -0.498. The minimum Gasteiger partial charge on any atom is -0.497 e. The predicted molar refractivity (Wildman–Crippen MR) is 96.7 cm³/mol. The molecule has 0 spiro atoms. The number of carbonyl (C=O) groups excluding carboxylic acids is 3. The zero-order valence-corrected chi connectivity index (χ0v) is 15.1. The Morgan fingerprint density at radius 1 is 1.27 bits per heavy atom. The van der Waals surface area contributed by atoms with Gasteiger partial charge < -0.3 is 19.7 Å². The third-order valence-corrected chi connectivity index (χ3v) is 4.10. The van der Waals surface area contributed by atoms with E-state index in [4.69, 9.17) is 9.47 Å². The third-order valence-electron chi connectivity index (χ3n) is 4.10. The van der Waals surface area contributed by atoms with E-state index in [0.717, 1.165) is 12.8 Å². The molecule has 0 saturated heterocycles. The van der Waals surface area contributed by atoms with Gasteiger partial charge in [0.2, 0.25) is 5.91 Å². The Hall–Kier alpha value is -2.83. The van der Waals surface area contributed by atoms with Gasteiger partial charge in [0.25, 0.3) is 5.91 Å². The molecule has 2 amide bonds. The Bertz CT molecular complexity index is 686. The molecule has 1 aliphatic rings. The van der Waals surface area contributed by atoms with Crippen LogP contribution < -0.4 is 10.1 Å². The standard InChI is InChI=1S/C19H24N2O5/c1-21(12-17(22)20-15-9-6-10-16(11-15)25-2)18(23)13-26-19(24)14-7-4-3-5-8-14/h3-4,6,9-11,14H,5,7-8,12-13H2,1-2H3,(H,20,22)/t14-/m0/s1. The highest BCUT2D eigenvalue weighted by Gasteiger charge is 2.22. The third kappa shape index (κ3) is 5.91. The predicted octanol–water partition coefficient (Wildman–Crippen LogP) is 1.99. The fourth-order valence-electron chi connectivity index (χ4n) is 2.57. The molecule has 0 unspecified atom stereocenters. The van der Waals surface area contributed by atoms with E-state index >= 15 is 0 Å². The molecule has 1 atom stereocenters. The minimum atomic E-state index is -0.425. The molecule has 7 nitrogen and oxygen atoms in total. The molecule has 7 heteroatoms. The van der Waals surface area contributed by atoms with Crippen LogP contribution >= 0.6 is 0 Å². The maximum absolute atomic E-state index is 12.1. The van der Waals surface area contributed by atoms with Crippen molar-refractivity contribution >= 4 is 23.5 Å². The molecule has 0 aliphatic heterocycles. The van der Waals surface area contributed by atoms with Gasteiger partial charge in [-0.1, -0.05) is 18.2 Å². The summed E-state index contributed by atoms with van der Waals surface area (Å²) in [7, 11) is 3.03. The van der Waals surface area contributed by atoms with Crippen molar-refractivity contribution < 1.29 is 23.9 Å². The Morgan fingerprint density at radius 2 is 2.08 bits per heavy atom. The molecule has 1 N–H and O–H groups in total. The largest absolute Gasteiger partial charge is 0.497 e. The lowest BCUT2D eigenvalue weighted by atomic mass is 9.95. The molecule has 1 aromatic carbocycles. The highest BCUT2D eigenvalue weighted by Crippen LogP contribution is 2.19. The molecule has 0 heterocycles. The van der Waals surface area contributed by atoms with E-state index < -0.39 is 5.91 Å². The maximum Gasteiger partial charge on any atom is 0.309 e. The van der Waals surface area contributed by atoms with Gasteiger partial charge in [0.05, 0.1) is 19.6 Å². The zero-order valence-electron chi connectivity index (χ0n) is 15.1. The molecule has 0 saturated carbocycles. The fraction of sp³-hybridized carbons (Fsp3) is 0.421. The number of allylic oxidation sites excluding steroid dienone is 2. The summed E-state index contributed by atoms with van der Waals surface area (Å²) >= 11 is 0. The summed E-state index contributed by atoms with van der Waals surface area (Å²) in [5, 5.41) is 2.69. The summed E-state index contributed by atoms with van der Waals surface area (Å²) in [5.41, 5.74) is 0.576. The molecule has 0 aromatic heterocycles. The average Bonchev–Trinajstić information content (AvgIpc) is 2.66. The maximum atomic E-state index is 12.1. The molecular weight excluding hydrogens is 336 g/mol. The second-order valence-electron chi connectivity index (χ2n) is 6.12. The van der Waals surface area contributed by atoms with Gasteiger partial charge in [0.1, 0.15) is 5.75 Å². The first-order valence-electron chi connectivity index (χ1n) is 8.49. The normalized spacial score (nSPS) is 15.8. The molecule has 0 radical (unpaired) electrons. The van der Waals surface area contributed by atoms with Crippen LogP contribution in [0.1, 0.15) is 19.3 Å². The van der Waals surface area contributed by atoms with Crippen LogP contribution in [0.3, 0.4) is 0 Å². The van der Waals surface area contributed by atoms with Gasteiger partial charge >= 0.3 is 5.97 Å². The zero-order chi connectivity index (χ0) is 18.9. The number of hydrogen-bond acceptors (Lipinski definition) is 5. The lowest BCUT2D eigenvalue weighted by molar-refractivity contribution is -0.155. The quantitative estimate of drug-likeness (QED) is 0.594. The number of nitrogens with one attached hydrogen (secondary N) is 1. The number of amides is 2. The number of carbonyl (C=O) groups is 3. The number of ether oxygens (including phenoxy) is 2. The van der Waals surface area contributed by atoms with E-state index in [-0.39, 0.29) is 30.9 Å². The van der Waals surface area contributed by atoms with Gasteiger partial charge in [-0.3, -0.25) is 14.4 Å². The van der Waals surface area contributed by atoms with Crippen LogP contribution in [-0.4, -0.2) is 50.0 Å². The van der Waals surface area contributed by atoms with Crippen LogP contribution in [0.4, 0.5) is 5.69 Å². The van der Waals surface area contributed by atoms with Crippen molar-refractivity contribution in [1.82, 2.24) is 4.90 Å². The van der Waals surface area contributed by atoms with E-state index in [2.05, 4.69) is 5.32 Å². The SMILES string of the molecule is COc1cccc(NC(=O)CN(C)C(=O)COC(=O)[C@H]2CC=CCC2)c1. The van der Waals surface area contributed by atoms with Crippen molar-refractivity contribution in [2.24, 2.45) is 5.92 Å². The van der Waals surface area contributed by atoms with Crippen LogP contribution in [0, 0.1) is 5.92 Å². The molecule has 2 rings (SSSR count). The van der Waals surface area contributed by atoms with Gasteiger partial charge in [-0.2, -0.15) is 0 Å². The highest BCUT2D eigenvalue weighted by molar-refractivity contribution is 5.95. The van der Waals surface area contributed by atoms with Gasteiger partial charge in [-0.15, -0.1) is 0 Å². The summed E-state index contributed by atoms with van der Waals surface area (Å²) in [4.78, 5) is 37.3. The number of nitrogens with zero attached hydrogens (tertiary/aromatic N) is 1. The molecule has 140 valence electrons. The molecule has 1 aliphatic carbocycles. The summed E-state index contributed by atoms with van der Waals surface area (Å²) < 4.78 is 10.2. The monoisotopic (exact) mass is 360 g/mol. The number of rotatable bonds is 7. The van der Waals surface area contributed by atoms with Crippen LogP contribution in [0.25, 0.3) is 0 Å². The van der Waals surface area contributed by atoms with Gasteiger partial charge in [-0.25, -0.2) is 0 Å². The molecule has 0 bridgehead atoms. The summed E-state index contributed by atoms with van der Waals surface area (Å²) in [5.74, 6) is -0.702. The number of likely N-dealkylation sites (N-methyl/N-ethyl adjacent to an activating group) is 1. The molecule has 1 aromatic rings. The van der Waals surface area contributed by atoms with Gasteiger partial charge in [0.15, 0.2) is 6.61 Å². The number of esters is 1. The van der Waals surface area contributed by atoms with Crippen molar-refractivity contribution in [2.45, 2.75) is 19.3 Å². The molecular formula is C19H24N2O5. The second-order valence-corrected chi connectivity index (χ2v) is 6.12. The van der Waals surface area contributed by atoms with Crippen LogP contribution in [0.5, 0.6) is 5.75 Å². The van der Waals surface area contributed by atoms with E-state index in [1.807, 2.05) is 12.2 Å². The Balaban J connectivity index is 1.75. The van der Waals surface area contributed by atoms with Crippen molar-refractivity contribution in [3.05, 3.63) is 36.4 Å². The van der Waals surface area contributed by atoms with E-state index in [9.17, 15) is 14.4 Å². The first-order valence-corrected chi connectivity index (χ1v) is 8.49. The Kier molecular flexibility index (Phi) is 7.20. The molecule has 26 heavy (non-hydrogen) atoms. The minimum absolute atomic E-state index is 0.139. The lowest BCUT2D eigenvalue weighted by Gasteiger charge is -2.19. The number of methoxy groups -OCH3 is 1. The van der Waals surface area contributed by atoms with Crippen molar-refractivity contribution in [3.8, 4) is 5.75 Å². The van der Waals surface area contributed by atoms with Crippen molar-refractivity contribution in [1.29, 1.82) is 0 Å². The lowest BCUT2D eigenvalue weighted by Crippen LogP contribution is -2.38.